The van der Waals surface area contributed by atoms with Crippen molar-refractivity contribution in [3.05, 3.63) is 23.8 Å². The Balaban J connectivity index is 2.05. The number of fused-ring (bicyclic) bond motifs is 1. The molecule has 1 heterocycles. The third kappa shape index (κ3) is 4.49. The molecule has 0 saturated heterocycles. The summed E-state index contributed by atoms with van der Waals surface area (Å²) in [7, 11) is 1.92. The molecule has 0 aliphatic carbocycles. The minimum Gasteiger partial charge on any atom is -0.489 e. The van der Waals surface area contributed by atoms with Crippen molar-refractivity contribution in [3.63, 3.8) is 0 Å². The zero-order valence-electron chi connectivity index (χ0n) is 15.4. The van der Waals surface area contributed by atoms with Gasteiger partial charge in [-0.25, -0.2) is 0 Å². The van der Waals surface area contributed by atoms with Crippen molar-refractivity contribution in [1.82, 2.24) is 0 Å². The molecule has 1 unspecified atom stereocenters. The van der Waals surface area contributed by atoms with Crippen molar-refractivity contribution in [3.8, 4) is 11.5 Å². The smallest absolute Gasteiger partial charge is 0.489 e. The van der Waals surface area contributed by atoms with Crippen LogP contribution in [0.25, 0.3) is 0 Å². The lowest BCUT2D eigenvalue weighted by Crippen LogP contribution is -2.49. The quantitative estimate of drug-likeness (QED) is 0.667. The lowest BCUT2D eigenvalue weighted by atomic mass is 10.0. The largest absolute Gasteiger partial charge is 0.539 e. The van der Waals surface area contributed by atoms with E-state index in [4.69, 9.17) is 27.5 Å². The van der Waals surface area contributed by atoms with Crippen molar-refractivity contribution in [2.24, 2.45) is 5.92 Å². The fourth-order valence-electron chi connectivity index (χ4n) is 2.79. The maximum absolute atomic E-state index is 6.05. The summed E-state index contributed by atoms with van der Waals surface area (Å²) in [4.78, 5) is 0. The van der Waals surface area contributed by atoms with E-state index >= 15 is 0 Å². The predicted molar refractivity (Wildman–Crippen MR) is 92.0 cm³/mol. The molecule has 0 saturated carbocycles. The Kier molecular flexibility index (Phi) is 6.27. The van der Waals surface area contributed by atoms with Crippen LogP contribution >= 0.6 is 0 Å². The van der Waals surface area contributed by atoms with E-state index in [1.165, 1.54) is 0 Å². The molecular weight excluding hydrogens is 328 g/mol. The van der Waals surface area contributed by atoms with Crippen molar-refractivity contribution >= 4 is 8.80 Å². The molecule has 6 nitrogen and oxygen atoms in total. The Bertz CT molecular complexity index is 538. The molecule has 2 rings (SSSR count). The first kappa shape index (κ1) is 19.2. The summed E-state index contributed by atoms with van der Waals surface area (Å²) in [5.74, 6) is 1.46. The van der Waals surface area contributed by atoms with Crippen molar-refractivity contribution in [2.45, 2.75) is 39.6 Å². The van der Waals surface area contributed by atoms with Crippen LogP contribution in [0.5, 0.6) is 11.5 Å². The molecule has 0 amide bonds. The third-order valence-electron chi connectivity index (χ3n) is 4.02. The van der Waals surface area contributed by atoms with Gasteiger partial charge in [0.2, 0.25) is 5.79 Å². The maximum Gasteiger partial charge on any atom is 0.539 e. The first-order valence-corrected chi connectivity index (χ1v) is 10.0. The van der Waals surface area contributed by atoms with Crippen LogP contribution in [0.15, 0.2) is 18.2 Å². The van der Waals surface area contributed by atoms with E-state index in [1.807, 2.05) is 25.1 Å². The molecule has 24 heavy (non-hydrogen) atoms. The number of ether oxygens (including phenoxy) is 3. The van der Waals surface area contributed by atoms with E-state index in [0.717, 1.165) is 17.7 Å². The second kappa shape index (κ2) is 7.84. The molecule has 1 aromatic carbocycles. The highest BCUT2D eigenvalue weighted by Gasteiger charge is 2.39. The molecule has 1 aliphatic rings. The van der Waals surface area contributed by atoms with E-state index < -0.39 is 14.6 Å². The van der Waals surface area contributed by atoms with E-state index in [9.17, 15) is 0 Å². The van der Waals surface area contributed by atoms with Crippen LogP contribution in [0.3, 0.4) is 0 Å². The SMILES string of the molecule is CO[Si](COc1ccc2c(c1)COC(C)(CC(C)C)O2)(OC)OC. The molecule has 0 spiro atoms. The van der Waals surface area contributed by atoms with E-state index in [1.54, 1.807) is 21.3 Å². The molecule has 0 radical (unpaired) electrons. The Morgan fingerprint density at radius 3 is 2.42 bits per heavy atom. The highest BCUT2D eigenvalue weighted by Crippen LogP contribution is 2.36. The molecule has 0 fully saturated rings. The second-order valence-electron chi connectivity index (χ2n) is 6.48. The maximum atomic E-state index is 6.05. The van der Waals surface area contributed by atoms with Gasteiger partial charge in [0.1, 0.15) is 11.5 Å². The monoisotopic (exact) mass is 356 g/mol. The first-order chi connectivity index (χ1) is 11.4. The van der Waals surface area contributed by atoms with Gasteiger partial charge >= 0.3 is 8.80 Å². The van der Waals surface area contributed by atoms with Gasteiger partial charge in [-0.3, -0.25) is 0 Å². The molecule has 136 valence electrons. The highest BCUT2D eigenvalue weighted by molar-refractivity contribution is 6.60. The van der Waals surface area contributed by atoms with Gasteiger partial charge in [-0.1, -0.05) is 13.8 Å². The van der Waals surface area contributed by atoms with Crippen LogP contribution in [0.2, 0.25) is 0 Å². The van der Waals surface area contributed by atoms with Crippen LogP contribution in [-0.4, -0.2) is 42.2 Å². The van der Waals surface area contributed by atoms with Crippen LogP contribution in [0.4, 0.5) is 0 Å². The van der Waals surface area contributed by atoms with Crippen LogP contribution in [0.1, 0.15) is 32.8 Å². The van der Waals surface area contributed by atoms with Crippen molar-refractivity contribution < 1.29 is 27.5 Å². The Morgan fingerprint density at radius 2 is 1.83 bits per heavy atom. The molecule has 0 bridgehead atoms. The molecular formula is C17H28O6Si. The van der Waals surface area contributed by atoms with Crippen molar-refractivity contribution in [1.29, 1.82) is 0 Å². The number of hydrogen-bond donors (Lipinski definition) is 0. The molecule has 1 aliphatic heterocycles. The summed E-state index contributed by atoms with van der Waals surface area (Å²) in [6.07, 6.45) is 1.08. The fourth-order valence-corrected chi connectivity index (χ4v) is 3.99. The van der Waals surface area contributed by atoms with Crippen molar-refractivity contribution in [2.75, 3.05) is 27.6 Å². The van der Waals surface area contributed by atoms with E-state index in [2.05, 4.69) is 13.8 Å². The van der Waals surface area contributed by atoms with Gasteiger partial charge in [0.25, 0.3) is 0 Å². The predicted octanol–water partition coefficient (Wildman–Crippen LogP) is 3.15. The van der Waals surface area contributed by atoms with E-state index in [-0.39, 0.29) is 6.23 Å². The molecule has 7 heteroatoms. The van der Waals surface area contributed by atoms with Crippen LogP contribution in [-0.2, 0) is 24.6 Å². The molecule has 0 aromatic heterocycles. The number of benzene rings is 1. The zero-order valence-corrected chi connectivity index (χ0v) is 16.4. The average molecular weight is 356 g/mol. The summed E-state index contributed by atoms with van der Waals surface area (Å²) in [5, 5.41) is 0. The zero-order chi connectivity index (χ0) is 17.8. The summed E-state index contributed by atoms with van der Waals surface area (Å²) in [6.45, 7) is 6.79. The van der Waals surface area contributed by atoms with Gasteiger partial charge in [-0.05, 0) is 24.1 Å². The first-order valence-electron chi connectivity index (χ1n) is 8.09. The minimum absolute atomic E-state index is 0.238. The highest BCUT2D eigenvalue weighted by atomic mass is 28.4. The van der Waals surface area contributed by atoms with Gasteiger partial charge in [0, 0.05) is 40.2 Å². The number of rotatable bonds is 8. The topological polar surface area (TPSA) is 55.4 Å². The fraction of sp³-hybridized carbons (Fsp3) is 0.647. The molecule has 1 aromatic rings. The lowest BCUT2D eigenvalue weighted by molar-refractivity contribution is -0.202. The second-order valence-corrected chi connectivity index (χ2v) is 9.36. The summed E-state index contributed by atoms with van der Waals surface area (Å²) in [6, 6.07) is 5.71. The van der Waals surface area contributed by atoms with Gasteiger partial charge in [0.15, 0.2) is 6.23 Å². The Labute approximate surface area is 145 Å². The normalized spacial score (nSPS) is 20.6. The van der Waals surface area contributed by atoms with Gasteiger partial charge in [-0.15, -0.1) is 0 Å². The average Bonchev–Trinajstić information content (AvgIpc) is 2.55. The summed E-state index contributed by atoms with van der Waals surface area (Å²) in [5.41, 5.74) is 0.966. The number of hydrogen-bond acceptors (Lipinski definition) is 6. The minimum atomic E-state index is -2.76. The van der Waals surface area contributed by atoms with Gasteiger partial charge in [-0.2, -0.15) is 0 Å². The standard InChI is InChI=1S/C17H28O6Si/c1-13(2)10-17(3)22-11-14-9-15(7-8-16(14)23-17)21-12-24(18-4,19-5)20-6/h7-9,13H,10-12H2,1-6H3. The molecule has 0 N–H and O–H groups in total. The summed E-state index contributed by atoms with van der Waals surface area (Å²) >= 11 is 0. The third-order valence-corrected chi connectivity index (χ3v) is 6.38. The van der Waals surface area contributed by atoms with E-state index in [0.29, 0.717) is 18.3 Å². The lowest BCUT2D eigenvalue weighted by Gasteiger charge is -2.37. The van der Waals surface area contributed by atoms with Crippen LogP contribution < -0.4 is 9.47 Å². The Hall–Kier alpha value is -1.12. The Morgan fingerprint density at radius 1 is 1.17 bits per heavy atom. The van der Waals surface area contributed by atoms with Crippen LogP contribution in [0, 0.1) is 5.92 Å². The molecule has 1 atom stereocenters. The van der Waals surface area contributed by atoms with Gasteiger partial charge in [0.05, 0.1) is 6.61 Å². The summed E-state index contributed by atoms with van der Waals surface area (Å²) < 4.78 is 33.8. The van der Waals surface area contributed by atoms with Gasteiger partial charge < -0.3 is 27.5 Å².